The molecule has 1 aliphatic rings. The van der Waals surface area contributed by atoms with Gasteiger partial charge in [0.2, 0.25) is 5.91 Å². The summed E-state index contributed by atoms with van der Waals surface area (Å²) in [6, 6.07) is 2.00. The van der Waals surface area contributed by atoms with Crippen molar-refractivity contribution in [2.75, 3.05) is 5.32 Å². The van der Waals surface area contributed by atoms with Crippen molar-refractivity contribution >= 4 is 39.1 Å². The number of aromatic amines is 1. The van der Waals surface area contributed by atoms with Crippen molar-refractivity contribution < 1.29 is 9.18 Å². The number of rotatable bonds is 2. The number of hydrogen-bond donors (Lipinski definition) is 3. The van der Waals surface area contributed by atoms with E-state index in [-0.39, 0.29) is 10.9 Å². The van der Waals surface area contributed by atoms with E-state index in [9.17, 15) is 9.18 Å². The molecule has 1 amide bonds. The van der Waals surface area contributed by atoms with Gasteiger partial charge in [0.15, 0.2) is 0 Å². The molecule has 0 spiro atoms. The number of carbonyl (C=O) groups excluding carboxylic acids is 1. The Hall–Kier alpha value is -1.44. The van der Waals surface area contributed by atoms with Crippen LogP contribution in [0.2, 0.25) is 5.02 Å². The molecule has 0 fully saturated rings. The maximum atomic E-state index is 13.2. The third-order valence-corrected chi connectivity index (χ3v) is 4.23. The highest BCUT2D eigenvalue weighted by Crippen LogP contribution is 2.32. The Morgan fingerprint density at radius 3 is 3.10 bits per heavy atom. The molecule has 0 saturated carbocycles. The van der Waals surface area contributed by atoms with E-state index < -0.39 is 11.9 Å². The lowest BCUT2D eigenvalue weighted by Crippen LogP contribution is -2.44. The summed E-state index contributed by atoms with van der Waals surface area (Å²) in [5, 5.41) is 5.97. The normalized spacial score (nSPS) is 17.4. The lowest BCUT2D eigenvalue weighted by Gasteiger charge is -2.22. The van der Waals surface area contributed by atoms with Crippen LogP contribution in [0.25, 0.3) is 0 Å². The molecular formula is C13H11BrClFN4O. The molecule has 2 aromatic rings. The molecule has 1 atom stereocenters. The van der Waals surface area contributed by atoms with Gasteiger partial charge in [-0.2, -0.15) is 0 Å². The molecular weight excluding hydrogens is 363 g/mol. The SMILES string of the molecule is O=C(Nc1c(Cl)cc(F)cc1Br)C1Cc2nc[nH]c2CN1. The van der Waals surface area contributed by atoms with Gasteiger partial charge in [-0.05, 0) is 28.1 Å². The highest BCUT2D eigenvalue weighted by Gasteiger charge is 2.26. The summed E-state index contributed by atoms with van der Waals surface area (Å²) >= 11 is 9.15. The Bertz CT molecular complexity index is 682. The zero-order valence-electron chi connectivity index (χ0n) is 10.7. The first kappa shape index (κ1) is 14.5. The number of fused-ring (bicyclic) bond motifs is 1. The monoisotopic (exact) mass is 372 g/mol. The van der Waals surface area contributed by atoms with Gasteiger partial charge < -0.3 is 10.3 Å². The first-order valence-electron chi connectivity index (χ1n) is 6.24. The van der Waals surface area contributed by atoms with Crippen molar-refractivity contribution in [3.05, 3.63) is 45.2 Å². The number of benzene rings is 1. The van der Waals surface area contributed by atoms with E-state index in [1.54, 1.807) is 6.33 Å². The average Bonchev–Trinajstić information content (AvgIpc) is 2.89. The topological polar surface area (TPSA) is 69.8 Å². The van der Waals surface area contributed by atoms with E-state index in [1.165, 1.54) is 6.07 Å². The standard InChI is InChI=1S/C13H11BrClFN4O/c14-7-1-6(16)2-8(15)12(7)20-13(21)10-3-9-11(4-17-10)19-5-18-9/h1-2,5,10,17H,3-4H2,(H,18,19)(H,20,21). The lowest BCUT2D eigenvalue weighted by atomic mass is 10.0. The molecule has 110 valence electrons. The van der Waals surface area contributed by atoms with Gasteiger partial charge in [0.05, 0.1) is 34.5 Å². The van der Waals surface area contributed by atoms with Crippen LogP contribution in [0.3, 0.4) is 0 Å². The molecule has 21 heavy (non-hydrogen) atoms. The van der Waals surface area contributed by atoms with Crippen LogP contribution in [0.4, 0.5) is 10.1 Å². The number of amides is 1. The van der Waals surface area contributed by atoms with E-state index in [0.29, 0.717) is 23.1 Å². The number of hydrogen-bond acceptors (Lipinski definition) is 3. The Morgan fingerprint density at radius 2 is 2.33 bits per heavy atom. The zero-order chi connectivity index (χ0) is 15.0. The van der Waals surface area contributed by atoms with Gasteiger partial charge >= 0.3 is 0 Å². The van der Waals surface area contributed by atoms with Crippen LogP contribution in [0, 0.1) is 5.82 Å². The maximum Gasteiger partial charge on any atom is 0.241 e. The molecule has 0 radical (unpaired) electrons. The molecule has 1 aliphatic heterocycles. The minimum atomic E-state index is -0.471. The molecule has 1 unspecified atom stereocenters. The zero-order valence-corrected chi connectivity index (χ0v) is 13.1. The van der Waals surface area contributed by atoms with Crippen molar-refractivity contribution in [2.24, 2.45) is 0 Å². The van der Waals surface area contributed by atoms with Gasteiger partial charge in [-0.3, -0.25) is 10.1 Å². The third-order valence-electron chi connectivity index (χ3n) is 3.30. The summed E-state index contributed by atoms with van der Waals surface area (Å²) in [5.74, 6) is -0.709. The third kappa shape index (κ3) is 2.95. The van der Waals surface area contributed by atoms with Gasteiger partial charge in [-0.15, -0.1) is 0 Å². The molecule has 1 aromatic heterocycles. The predicted molar refractivity (Wildman–Crippen MR) is 80.7 cm³/mol. The van der Waals surface area contributed by atoms with Gasteiger partial charge in [-0.1, -0.05) is 11.6 Å². The van der Waals surface area contributed by atoms with Crippen LogP contribution < -0.4 is 10.6 Å². The average molecular weight is 374 g/mol. The molecule has 3 N–H and O–H groups in total. The molecule has 0 bridgehead atoms. The summed E-state index contributed by atoms with van der Waals surface area (Å²) in [6.07, 6.45) is 2.10. The summed E-state index contributed by atoms with van der Waals surface area (Å²) in [5.41, 5.74) is 2.22. The highest BCUT2D eigenvalue weighted by molar-refractivity contribution is 9.10. The maximum absolute atomic E-state index is 13.2. The van der Waals surface area contributed by atoms with Crippen molar-refractivity contribution in [1.82, 2.24) is 15.3 Å². The van der Waals surface area contributed by atoms with Crippen molar-refractivity contribution in [2.45, 2.75) is 19.0 Å². The van der Waals surface area contributed by atoms with Crippen molar-refractivity contribution in [3.8, 4) is 0 Å². The Balaban J connectivity index is 1.76. The number of halogens is 3. The predicted octanol–water partition coefficient (Wildman–Crippen LogP) is 2.62. The number of imidazole rings is 1. The van der Waals surface area contributed by atoms with Crippen LogP contribution >= 0.6 is 27.5 Å². The first-order valence-corrected chi connectivity index (χ1v) is 7.41. The van der Waals surface area contributed by atoms with Crippen LogP contribution in [0.1, 0.15) is 11.4 Å². The van der Waals surface area contributed by atoms with E-state index in [4.69, 9.17) is 11.6 Å². The smallest absolute Gasteiger partial charge is 0.241 e. The fourth-order valence-electron chi connectivity index (χ4n) is 2.23. The fraction of sp³-hybridized carbons (Fsp3) is 0.231. The van der Waals surface area contributed by atoms with Crippen molar-refractivity contribution in [3.63, 3.8) is 0 Å². The van der Waals surface area contributed by atoms with E-state index >= 15 is 0 Å². The fourth-order valence-corrected chi connectivity index (χ4v) is 3.13. The number of H-pyrrole nitrogens is 1. The molecule has 1 aromatic carbocycles. The Morgan fingerprint density at radius 1 is 1.52 bits per heavy atom. The summed E-state index contributed by atoms with van der Waals surface area (Å²) in [6.45, 7) is 0.547. The lowest BCUT2D eigenvalue weighted by molar-refractivity contribution is -0.118. The summed E-state index contributed by atoms with van der Waals surface area (Å²) in [4.78, 5) is 19.5. The second-order valence-electron chi connectivity index (χ2n) is 4.70. The van der Waals surface area contributed by atoms with E-state index in [1.807, 2.05) is 0 Å². The summed E-state index contributed by atoms with van der Waals surface area (Å²) < 4.78 is 13.6. The molecule has 3 rings (SSSR count). The molecule has 0 saturated heterocycles. The number of carbonyl (C=O) groups is 1. The van der Waals surface area contributed by atoms with Gasteiger partial charge in [0.1, 0.15) is 5.82 Å². The molecule has 5 nitrogen and oxygen atoms in total. The summed E-state index contributed by atoms with van der Waals surface area (Å²) in [7, 11) is 0. The Labute approximate surface area is 133 Å². The van der Waals surface area contributed by atoms with E-state index in [0.717, 1.165) is 17.5 Å². The number of nitrogens with one attached hydrogen (secondary N) is 3. The second-order valence-corrected chi connectivity index (χ2v) is 5.96. The van der Waals surface area contributed by atoms with Gasteiger partial charge in [0, 0.05) is 17.4 Å². The van der Waals surface area contributed by atoms with Crippen molar-refractivity contribution in [1.29, 1.82) is 0 Å². The number of aromatic nitrogens is 2. The first-order chi connectivity index (χ1) is 10.0. The van der Waals surface area contributed by atoms with Crippen LogP contribution in [-0.2, 0) is 17.8 Å². The number of anilines is 1. The van der Waals surface area contributed by atoms with Crippen LogP contribution in [0.15, 0.2) is 22.9 Å². The largest absolute Gasteiger partial charge is 0.347 e. The van der Waals surface area contributed by atoms with Gasteiger partial charge in [0.25, 0.3) is 0 Å². The van der Waals surface area contributed by atoms with Crippen LogP contribution in [-0.4, -0.2) is 21.9 Å². The molecule has 0 aliphatic carbocycles. The number of nitrogens with zero attached hydrogens (tertiary/aromatic N) is 1. The quantitative estimate of drug-likeness (QED) is 0.758. The Kier molecular flexibility index (Phi) is 3.97. The van der Waals surface area contributed by atoms with Crippen LogP contribution in [0.5, 0.6) is 0 Å². The minimum absolute atomic E-state index is 0.145. The molecule has 8 heteroatoms. The van der Waals surface area contributed by atoms with Gasteiger partial charge in [-0.25, -0.2) is 9.37 Å². The second kappa shape index (κ2) is 5.75. The minimum Gasteiger partial charge on any atom is -0.347 e. The molecule has 2 heterocycles. The highest BCUT2D eigenvalue weighted by atomic mass is 79.9. The van der Waals surface area contributed by atoms with E-state index in [2.05, 4.69) is 36.5 Å².